The summed E-state index contributed by atoms with van der Waals surface area (Å²) in [6.45, 7) is 0.955. The second-order valence-electron chi connectivity index (χ2n) is 11.4. The number of hydrogen-bond donors (Lipinski definition) is 4. The van der Waals surface area contributed by atoms with E-state index in [1.807, 2.05) is 12.3 Å². The molecule has 0 spiro atoms. The summed E-state index contributed by atoms with van der Waals surface area (Å²) in [6, 6.07) is 11.3. The van der Waals surface area contributed by atoms with Crippen molar-refractivity contribution in [3.63, 3.8) is 0 Å². The number of anilines is 4. The van der Waals surface area contributed by atoms with Gasteiger partial charge in [0.2, 0.25) is 5.95 Å². The maximum absolute atomic E-state index is 10.8. The van der Waals surface area contributed by atoms with Crippen LogP contribution in [0.15, 0.2) is 36.5 Å². The highest BCUT2D eigenvalue weighted by molar-refractivity contribution is 5.61. The molecule has 1 saturated heterocycles. The number of rotatable bonds is 5. The van der Waals surface area contributed by atoms with E-state index in [4.69, 9.17) is 4.98 Å². The van der Waals surface area contributed by atoms with E-state index in [2.05, 4.69) is 44.8 Å². The lowest BCUT2D eigenvalue weighted by atomic mass is 9.52. The summed E-state index contributed by atoms with van der Waals surface area (Å²) in [4.78, 5) is 11.6. The number of aliphatic hydroxyl groups excluding tert-OH is 1. The topological polar surface area (TPSA) is 93.5 Å². The smallest absolute Gasteiger partial charge is 0.229 e. The van der Waals surface area contributed by atoms with Crippen LogP contribution in [0.4, 0.5) is 23.1 Å². The van der Waals surface area contributed by atoms with E-state index in [9.17, 15) is 10.2 Å². The third-order valence-corrected chi connectivity index (χ3v) is 9.17. The monoisotopic (exact) mass is 447 g/mol. The number of fused-ring (bicyclic) bond motifs is 2. The van der Waals surface area contributed by atoms with Gasteiger partial charge >= 0.3 is 0 Å². The lowest BCUT2D eigenvalue weighted by molar-refractivity contribution is -0.129. The summed E-state index contributed by atoms with van der Waals surface area (Å²) in [7, 11) is 0. The predicted molar refractivity (Wildman–Crippen MR) is 128 cm³/mol. The fraction of sp³-hybridized carbons (Fsp3) is 0.615. The molecule has 33 heavy (non-hydrogen) atoms. The van der Waals surface area contributed by atoms with Gasteiger partial charge < -0.3 is 25.7 Å². The third-order valence-electron chi connectivity index (χ3n) is 9.17. The highest BCUT2D eigenvalue weighted by Gasteiger charge is 2.54. The molecule has 6 fully saturated rings. The van der Waals surface area contributed by atoms with Gasteiger partial charge in [0.15, 0.2) is 0 Å². The summed E-state index contributed by atoms with van der Waals surface area (Å²) < 4.78 is 0. The molecule has 1 aromatic carbocycles. The zero-order valence-electron chi connectivity index (χ0n) is 18.9. The Morgan fingerprint density at radius 1 is 0.939 bits per heavy atom. The van der Waals surface area contributed by atoms with Gasteiger partial charge in [-0.2, -0.15) is 4.98 Å². The van der Waals surface area contributed by atoms with Crippen LogP contribution in [0.1, 0.15) is 44.9 Å². The van der Waals surface area contributed by atoms with Crippen molar-refractivity contribution < 1.29 is 10.2 Å². The minimum atomic E-state index is -0.409. The van der Waals surface area contributed by atoms with Gasteiger partial charge in [-0.25, -0.2) is 4.98 Å². The number of hydrogen-bond acceptors (Lipinski definition) is 7. The first kappa shape index (κ1) is 20.0. The molecule has 7 nitrogen and oxygen atoms in total. The maximum Gasteiger partial charge on any atom is 0.229 e. The van der Waals surface area contributed by atoms with E-state index >= 15 is 0 Å². The van der Waals surface area contributed by atoms with Crippen molar-refractivity contribution in [2.45, 2.75) is 68.7 Å². The molecule has 4 N–H and O–H groups in total. The zero-order valence-corrected chi connectivity index (χ0v) is 18.9. The van der Waals surface area contributed by atoms with Gasteiger partial charge in [0.05, 0.1) is 11.7 Å². The molecule has 8 rings (SSSR count). The highest BCUT2D eigenvalue weighted by atomic mass is 16.3. The lowest BCUT2D eigenvalue weighted by Gasteiger charge is -2.58. The lowest BCUT2D eigenvalue weighted by Crippen LogP contribution is -2.59. The number of aromatic nitrogens is 2. The van der Waals surface area contributed by atoms with Gasteiger partial charge in [-0.05, 0) is 93.0 Å². The number of aliphatic hydroxyl groups is 2. The van der Waals surface area contributed by atoms with Crippen molar-refractivity contribution in [3.05, 3.63) is 36.5 Å². The minimum Gasteiger partial charge on any atom is -0.393 e. The van der Waals surface area contributed by atoms with Crippen LogP contribution >= 0.6 is 0 Å². The molecule has 7 heteroatoms. The number of nitrogens with one attached hydrogen (secondary N) is 2. The molecule has 1 aliphatic heterocycles. The van der Waals surface area contributed by atoms with Crippen molar-refractivity contribution in [1.29, 1.82) is 0 Å². The summed E-state index contributed by atoms with van der Waals surface area (Å²) >= 11 is 0. The Bertz CT molecular complexity index is 1030. The van der Waals surface area contributed by atoms with Crippen LogP contribution in [0.2, 0.25) is 0 Å². The molecule has 174 valence electrons. The van der Waals surface area contributed by atoms with Gasteiger partial charge in [-0.3, -0.25) is 0 Å². The van der Waals surface area contributed by atoms with Crippen LogP contribution < -0.4 is 15.5 Å². The largest absolute Gasteiger partial charge is 0.393 e. The molecule has 0 radical (unpaired) electrons. The summed E-state index contributed by atoms with van der Waals surface area (Å²) in [5, 5.41) is 27.9. The summed E-state index contributed by atoms with van der Waals surface area (Å²) in [6.07, 6.45) is 9.02. The van der Waals surface area contributed by atoms with E-state index in [0.29, 0.717) is 41.7 Å². The molecule has 5 unspecified atom stereocenters. The fourth-order valence-electron chi connectivity index (χ4n) is 8.00. The molecule has 2 aromatic rings. The van der Waals surface area contributed by atoms with Crippen LogP contribution in [0.25, 0.3) is 0 Å². The van der Waals surface area contributed by atoms with Crippen molar-refractivity contribution in [2.24, 2.45) is 23.7 Å². The summed E-state index contributed by atoms with van der Waals surface area (Å²) in [5.41, 5.74) is 1.78. The van der Waals surface area contributed by atoms with Crippen molar-refractivity contribution in [2.75, 3.05) is 22.1 Å². The van der Waals surface area contributed by atoms with Gasteiger partial charge in [0.1, 0.15) is 5.82 Å². The van der Waals surface area contributed by atoms with Crippen LogP contribution in [0.5, 0.6) is 0 Å². The highest BCUT2D eigenvalue weighted by Crippen LogP contribution is 2.56. The Hall–Kier alpha value is -2.38. The van der Waals surface area contributed by atoms with Crippen LogP contribution in [-0.2, 0) is 0 Å². The first-order chi connectivity index (χ1) is 16.0. The Kier molecular flexibility index (Phi) is 4.44. The standard InChI is InChI=1S/C26H33N5O2/c32-22-10-21-9-18(22)14-31(21)20-3-1-19(2-4-20)28-25-27-6-5-23(30-25)29-24-16-7-15-8-17(24)13-26(33,11-15)12-16/h1-6,15-18,21-22,24,32-33H,7-14H2,(H2,27,28,29,30). The second-order valence-corrected chi connectivity index (χ2v) is 11.4. The molecule has 0 amide bonds. The number of piperidine rings is 1. The average molecular weight is 448 g/mol. The van der Waals surface area contributed by atoms with Crippen molar-refractivity contribution in [3.8, 4) is 0 Å². The predicted octanol–water partition coefficient (Wildman–Crippen LogP) is 3.53. The normalized spacial score (nSPS) is 40.4. The van der Waals surface area contributed by atoms with Gasteiger partial charge in [-0.15, -0.1) is 0 Å². The first-order valence-corrected chi connectivity index (χ1v) is 12.7. The molecule has 1 aromatic heterocycles. The van der Waals surface area contributed by atoms with Gasteiger partial charge in [-0.1, -0.05) is 0 Å². The Labute approximate surface area is 194 Å². The minimum absolute atomic E-state index is 0.117. The average Bonchev–Trinajstić information content (AvgIpc) is 3.36. The first-order valence-electron chi connectivity index (χ1n) is 12.7. The number of nitrogens with zero attached hydrogens (tertiary/aromatic N) is 3. The molecule has 6 bridgehead atoms. The van der Waals surface area contributed by atoms with Crippen molar-refractivity contribution in [1.82, 2.24) is 9.97 Å². The maximum atomic E-state index is 10.8. The van der Waals surface area contributed by atoms with Gasteiger partial charge in [0, 0.05) is 42.1 Å². The molecular formula is C26H33N5O2. The Balaban J connectivity index is 1.02. The quantitative estimate of drug-likeness (QED) is 0.557. The molecule has 2 heterocycles. The summed E-state index contributed by atoms with van der Waals surface area (Å²) in [5.74, 6) is 3.67. The third kappa shape index (κ3) is 3.48. The van der Waals surface area contributed by atoms with Crippen LogP contribution in [-0.4, -0.2) is 50.5 Å². The van der Waals surface area contributed by atoms with Crippen LogP contribution in [0.3, 0.4) is 0 Å². The van der Waals surface area contributed by atoms with E-state index in [-0.39, 0.29) is 6.10 Å². The van der Waals surface area contributed by atoms with E-state index < -0.39 is 5.60 Å². The number of benzene rings is 1. The fourth-order valence-corrected chi connectivity index (χ4v) is 8.00. The second kappa shape index (κ2) is 7.31. The molecule has 5 aliphatic carbocycles. The van der Waals surface area contributed by atoms with Crippen LogP contribution in [0, 0.1) is 23.7 Å². The zero-order chi connectivity index (χ0) is 22.2. The van der Waals surface area contributed by atoms with Crippen molar-refractivity contribution >= 4 is 23.1 Å². The van der Waals surface area contributed by atoms with Gasteiger partial charge in [0.25, 0.3) is 0 Å². The molecule has 5 atom stereocenters. The Morgan fingerprint density at radius 2 is 1.73 bits per heavy atom. The van der Waals surface area contributed by atoms with E-state index in [1.165, 1.54) is 18.5 Å². The Morgan fingerprint density at radius 3 is 2.39 bits per heavy atom. The van der Waals surface area contributed by atoms with E-state index in [0.717, 1.165) is 50.2 Å². The molecule has 5 saturated carbocycles. The molecular weight excluding hydrogens is 414 g/mol. The van der Waals surface area contributed by atoms with E-state index in [1.54, 1.807) is 0 Å². The molecule has 6 aliphatic rings. The SMILES string of the molecule is OC1CC2CC1CN2c1ccc(Nc2nccc(NC3C4CC5CC3CC(O)(C5)C4)n2)cc1.